The second-order valence-electron chi connectivity index (χ2n) is 5.16. The fourth-order valence-corrected chi connectivity index (χ4v) is 6.52. The van der Waals surface area contributed by atoms with Gasteiger partial charge in [0.2, 0.25) is 0 Å². The topological polar surface area (TPSA) is 97.8 Å². The molecule has 0 aromatic rings. The van der Waals surface area contributed by atoms with Crippen molar-refractivity contribution in [3.8, 4) is 0 Å². The van der Waals surface area contributed by atoms with Gasteiger partial charge in [-0.1, -0.05) is 36.2 Å². The first-order chi connectivity index (χ1) is 10.0. The second-order valence-corrected chi connectivity index (χ2v) is 9.35. The Morgan fingerprint density at radius 1 is 0.810 bits per heavy atom. The molecule has 0 saturated carbocycles. The first-order valence-electron chi connectivity index (χ1n) is 7.27. The van der Waals surface area contributed by atoms with Crippen LogP contribution in [-0.4, -0.2) is 40.8 Å². The number of oxime groups is 3. The molecular formula is C14H27N3O3Si. The lowest BCUT2D eigenvalue weighted by Crippen LogP contribution is -2.39. The van der Waals surface area contributed by atoms with E-state index in [2.05, 4.69) is 22.0 Å². The lowest BCUT2D eigenvalue weighted by molar-refractivity contribution is 0.317. The molecule has 0 amide bonds. The molecule has 0 radical (unpaired) electrons. The van der Waals surface area contributed by atoms with Crippen molar-refractivity contribution in [1.29, 1.82) is 0 Å². The van der Waals surface area contributed by atoms with E-state index in [9.17, 15) is 0 Å². The van der Waals surface area contributed by atoms with Crippen LogP contribution in [0.5, 0.6) is 0 Å². The highest BCUT2D eigenvalue weighted by molar-refractivity contribution is 6.91. The van der Waals surface area contributed by atoms with Gasteiger partial charge in [-0.2, -0.15) is 0 Å². The molecule has 0 bridgehead atoms. The van der Waals surface area contributed by atoms with Gasteiger partial charge in [0.1, 0.15) is 0 Å². The highest BCUT2D eigenvalue weighted by Gasteiger charge is 2.34. The van der Waals surface area contributed by atoms with Gasteiger partial charge in [0.05, 0.1) is 25.2 Å². The molecule has 3 N–H and O–H groups in total. The Hall–Kier alpha value is -1.63. The zero-order valence-corrected chi connectivity index (χ0v) is 14.2. The van der Waals surface area contributed by atoms with Crippen LogP contribution in [-0.2, 0) is 0 Å². The molecule has 0 fully saturated rings. The molecule has 21 heavy (non-hydrogen) atoms. The third-order valence-corrected chi connectivity index (χ3v) is 7.95. The summed E-state index contributed by atoms with van der Waals surface area (Å²) in [4.78, 5) is 0. The second kappa shape index (κ2) is 10.1. The maximum atomic E-state index is 9.10. The fraction of sp³-hybridized carbons (Fsp3) is 0.643. The van der Waals surface area contributed by atoms with E-state index < -0.39 is 8.07 Å². The molecule has 120 valence electrons. The van der Waals surface area contributed by atoms with Gasteiger partial charge in [0.25, 0.3) is 0 Å². The van der Waals surface area contributed by atoms with Crippen LogP contribution in [0.3, 0.4) is 0 Å². The van der Waals surface area contributed by atoms with Gasteiger partial charge in [0.15, 0.2) is 0 Å². The predicted octanol–water partition coefficient (Wildman–Crippen LogP) is 3.88. The molecule has 0 aliphatic rings. The SMILES string of the molecule is C=C[Si](CC(CC)=NO)(CC(CC)=NO)CC(CC)=NO. The van der Waals surface area contributed by atoms with Crippen LogP contribution in [0.1, 0.15) is 40.0 Å². The van der Waals surface area contributed by atoms with E-state index in [0.29, 0.717) is 54.5 Å². The fourth-order valence-electron chi connectivity index (χ4n) is 2.32. The van der Waals surface area contributed by atoms with Crippen LogP contribution in [0.4, 0.5) is 0 Å². The Kier molecular flexibility index (Phi) is 9.36. The van der Waals surface area contributed by atoms with Gasteiger partial charge in [0, 0.05) is 0 Å². The van der Waals surface area contributed by atoms with E-state index >= 15 is 0 Å². The molecule has 0 aliphatic carbocycles. The zero-order chi connectivity index (χ0) is 16.3. The summed E-state index contributed by atoms with van der Waals surface area (Å²) in [5.41, 5.74) is 4.00. The molecule has 0 aliphatic heterocycles. The van der Waals surface area contributed by atoms with Crippen molar-refractivity contribution in [1.82, 2.24) is 0 Å². The highest BCUT2D eigenvalue weighted by Crippen LogP contribution is 2.27. The standard InChI is InChI=1S/C14H27N3O3Si/c1-5-12(15-18)9-21(8-4,10-13(6-2)16-19)11-14(7-3)17-20/h8,18-20H,4-7,9-11H2,1-3H3. The Labute approximate surface area is 127 Å². The van der Waals surface area contributed by atoms with Gasteiger partial charge in [-0.25, -0.2) is 0 Å². The largest absolute Gasteiger partial charge is 0.411 e. The molecule has 0 rings (SSSR count). The van der Waals surface area contributed by atoms with Gasteiger partial charge < -0.3 is 15.6 Å². The predicted molar refractivity (Wildman–Crippen MR) is 88.9 cm³/mol. The highest BCUT2D eigenvalue weighted by atomic mass is 28.3. The van der Waals surface area contributed by atoms with E-state index in [1.807, 2.05) is 26.5 Å². The molecule has 0 atom stereocenters. The summed E-state index contributed by atoms with van der Waals surface area (Å²) in [6.45, 7) is 9.74. The minimum absolute atomic E-state index is 0.613. The Bertz CT molecular complexity index is 365. The molecule has 0 unspecified atom stereocenters. The van der Waals surface area contributed by atoms with Crippen LogP contribution in [0, 0.1) is 0 Å². The average Bonchev–Trinajstić information content (AvgIpc) is 2.54. The van der Waals surface area contributed by atoms with Crippen LogP contribution < -0.4 is 0 Å². The monoisotopic (exact) mass is 313 g/mol. The van der Waals surface area contributed by atoms with Gasteiger partial charge in [-0.05, 0) is 37.4 Å². The maximum Gasteiger partial charge on any atom is 0.0940 e. The first-order valence-corrected chi connectivity index (χ1v) is 9.97. The quantitative estimate of drug-likeness (QED) is 0.247. The molecular weight excluding hydrogens is 286 g/mol. The van der Waals surface area contributed by atoms with Crippen LogP contribution in [0.25, 0.3) is 0 Å². The lowest BCUT2D eigenvalue weighted by atomic mass is 10.3. The van der Waals surface area contributed by atoms with E-state index in [-0.39, 0.29) is 0 Å². The van der Waals surface area contributed by atoms with Crippen LogP contribution in [0.15, 0.2) is 27.7 Å². The van der Waals surface area contributed by atoms with E-state index in [1.165, 1.54) is 0 Å². The summed E-state index contributed by atoms with van der Waals surface area (Å²) in [5, 5.41) is 37.4. The van der Waals surface area contributed by atoms with Gasteiger partial charge in [-0.3, -0.25) is 0 Å². The molecule has 0 spiro atoms. The number of nitrogens with zero attached hydrogens (tertiary/aromatic N) is 3. The minimum Gasteiger partial charge on any atom is -0.411 e. The smallest absolute Gasteiger partial charge is 0.0940 e. The summed E-state index contributed by atoms with van der Waals surface area (Å²) in [6.07, 6.45) is 1.94. The third-order valence-electron chi connectivity index (χ3n) is 3.75. The summed E-state index contributed by atoms with van der Waals surface area (Å²) in [7, 11) is -2.19. The van der Waals surface area contributed by atoms with E-state index in [4.69, 9.17) is 15.6 Å². The van der Waals surface area contributed by atoms with Crippen LogP contribution in [0.2, 0.25) is 18.1 Å². The van der Waals surface area contributed by atoms with Crippen LogP contribution >= 0.6 is 0 Å². The Morgan fingerprint density at radius 2 is 1.10 bits per heavy atom. The minimum atomic E-state index is -2.19. The van der Waals surface area contributed by atoms with Crippen molar-refractivity contribution >= 4 is 25.2 Å². The number of rotatable bonds is 10. The maximum absolute atomic E-state index is 9.10. The normalized spacial score (nSPS) is 16.6. The molecule has 7 heteroatoms. The molecule has 6 nitrogen and oxygen atoms in total. The van der Waals surface area contributed by atoms with Crippen molar-refractivity contribution < 1.29 is 15.6 Å². The molecule has 0 saturated heterocycles. The summed E-state index contributed by atoms with van der Waals surface area (Å²) in [6, 6.07) is 1.84. The van der Waals surface area contributed by atoms with Crippen molar-refractivity contribution in [3.05, 3.63) is 12.3 Å². The van der Waals surface area contributed by atoms with Crippen molar-refractivity contribution in [2.24, 2.45) is 15.5 Å². The third kappa shape index (κ3) is 6.11. The first kappa shape index (κ1) is 19.4. The lowest BCUT2D eigenvalue weighted by Gasteiger charge is -2.29. The van der Waals surface area contributed by atoms with Crippen molar-refractivity contribution in [2.45, 2.75) is 58.2 Å². The molecule has 0 aromatic carbocycles. The summed E-state index contributed by atoms with van der Waals surface area (Å²) in [5.74, 6) is 0. The van der Waals surface area contributed by atoms with Gasteiger partial charge in [-0.15, -0.1) is 12.3 Å². The average molecular weight is 313 g/mol. The Morgan fingerprint density at radius 3 is 1.24 bits per heavy atom. The molecule has 0 heterocycles. The van der Waals surface area contributed by atoms with Gasteiger partial charge >= 0.3 is 0 Å². The number of hydrogen-bond donors (Lipinski definition) is 3. The summed E-state index contributed by atoms with van der Waals surface area (Å²) >= 11 is 0. The zero-order valence-electron chi connectivity index (χ0n) is 13.2. The van der Waals surface area contributed by atoms with E-state index in [0.717, 1.165) is 0 Å². The van der Waals surface area contributed by atoms with Crippen molar-refractivity contribution in [3.63, 3.8) is 0 Å². The van der Waals surface area contributed by atoms with E-state index in [1.54, 1.807) is 0 Å². The van der Waals surface area contributed by atoms with Crippen molar-refractivity contribution in [2.75, 3.05) is 0 Å². The summed E-state index contributed by atoms with van der Waals surface area (Å²) < 4.78 is 0. The Balaban J connectivity index is 5.51. The number of hydrogen-bond acceptors (Lipinski definition) is 6. The molecule has 0 aromatic heterocycles.